The van der Waals surface area contributed by atoms with Gasteiger partial charge in [-0.25, -0.2) is 0 Å². The predicted molar refractivity (Wildman–Crippen MR) is 55.8 cm³/mol. The summed E-state index contributed by atoms with van der Waals surface area (Å²) in [5.74, 6) is 0. The average Bonchev–Trinajstić information content (AvgIpc) is 2.46. The van der Waals surface area contributed by atoms with Gasteiger partial charge in [-0.2, -0.15) is 0 Å². The van der Waals surface area contributed by atoms with Crippen LogP contribution in [-0.2, 0) is 6.54 Å². The molecule has 1 aromatic rings. The smallest absolute Gasteiger partial charge is 0.0626 e. The summed E-state index contributed by atoms with van der Waals surface area (Å²) in [6, 6.07) is 6.51. The third-order valence-corrected chi connectivity index (χ3v) is 2.88. The van der Waals surface area contributed by atoms with Crippen molar-refractivity contribution in [2.24, 2.45) is 0 Å². The van der Waals surface area contributed by atoms with Crippen molar-refractivity contribution in [3.05, 3.63) is 32.9 Å². The zero-order chi connectivity index (χ0) is 8.55. The van der Waals surface area contributed by atoms with Crippen molar-refractivity contribution in [2.45, 2.75) is 12.6 Å². The van der Waals surface area contributed by atoms with E-state index in [1.54, 1.807) is 0 Å². The summed E-state index contributed by atoms with van der Waals surface area (Å²) in [5.41, 5.74) is 2.57. The van der Waals surface area contributed by atoms with Crippen molar-refractivity contribution in [1.82, 2.24) is 5.32 Å². The normalized spacial score (nSPS) is 21.0. The molecular formula is C9H10INO. The van der Waals surface area contributed by atoms with E-state index in [9.17, 15) is 0 Å². The molecule has 0 amide bonds. The maximum absolute atomic E-state index is 9.04. The fraction of sp³-hybridized carbons (Fsp3) is 0.333. The van der Waals surface area contributed by atoms with Crippen LogP contribution < -0.4 is 5.32 Å². The number of benzene rings is 1. The van der Waals surface area contributed by atoms with E-state index in [1.807, 2.05) is 0 Å². The molecule has 0 spiro atoms. The third kappa shape index (κ3) is 1.36. The Morgan fingerprint density at radius 1 is 1.58 bits per heavy atom. The van der Waals surface area contributed by atoms with Crippen LogP contribution in [-0.4, -0.2) is 11.7 Å². The molecule has 0 radical (unpaired) electrons. The van der Waals surface area contributed by atoms with Gasteiger partial charge in [-0.1, -0.05) is 6.07 Å². The zero-order valence-corrected chi connectivity index (χ0v) is 8.71. The number of hydrogen-bond donors (Lipinski definition) is 2. The topological polar surface area (TPSA) is 32.3 Å². The molecule has 1 aliphatic heterocycles. The summed E-state index contributed by atoms with van der Waals surface area (Å²) in [6.07, 6.45) is 0. The Balaban J connectivity index is 2.42. The van der Waals surface area contributed by atoms with Crippen LogP contribution in [0, 0.1) is 3.57 Å². The average molecular weight is 275 g/mol. The van der Waals surface area contributed by atoms with Gasteiger partial charge < -0.3 is 10.4 Å². The molecular weight excluding hydrogens is 265 g/mol. The van der Waals surface area contributed by atoms with Gasteiger partial charge >= 0.3 is 0 Å². The van der Waals surface area contributed by atoms with Crippen molar-refractivity contribution in [2.75, 3.05) is 6.61 Å². The maximum Gasteiger partial charge on any atom is 0.0626 e. The Bertz CT molecular complexity index is 301. The Hall–Kier alpha value is -0.130. The van der Waals surface area contributed by atoms with Crippen LogP contribution in [0.2, 0.25) is 0 Å². The molecule has 0 aromatic heterocycles. The molecule has 0 saturated carbocycles. The van der Waals surface area contributed by atoms with Crippen LogP contribution in [0.1, 0.15) is 17.2 Å². The Morgan fingerprint density at radius 2 is 2.42 bits per heavy atom. The first-order valence-corrected chi connectivity index (χ1v) is 5.01. The first-order valence-electron chi connectivity index (χ1n) is 3.94. The van der Waals surface area contributed by atoms with E-state index in [0.29, 0.717) is 0 Å². The van der Waals surface area contributed by atoms with Crippen molar-refractivity contribution >= 4 is 22.6 Å². The van der Waals surface area contributed by atoms with E-state index in [1.165, 1.54) is 14.7 Å². The van der Waals surface area contributed by atoms with Gasteiger partial charge in [-0.15, -0.1) is 0 Å². The molecule has 2 rings (SSSR count). The quantitative estimate of drug-likeness (QED) is 0.760. The van der Waals surface area contributed by atoms with E-state index in [2.05, 4.69) is 46.1 Å². The van der Waals surface area contributed by atoms with Crippen LogP contribution in [0.4, 0.5) is 0 Å². The van der Waals surface area contributed by atoms with Crippen molar-refractivity contribution in [3.8, 4) is 0 Å². The number of aliphatic hydroxyl groups excluding tert-OH is 1. The Labute approximate surface area is 85.1 Å². The number of halogens is 1. The van der Waals surface area contributed by atoms with Crippen LogP contribution in [0.3, 0.4) is 0 Å². The van der Waals surface area contributed by atoms with Crippen LogP contribution in [0.15, 0.2) is 18.2 Å². The number of aliphatic hydroxyl groups is 1. The lowest BCUT2D eigenvalue weighted by atomic mass is 10.1. The molecule has 1 heterocycles. The first-order chi connectivity index (χ1) is 5.81. The van der Waals surface area contributed by atoms with Crippen LogP contribution in [0.25, 0.3) is 0 Å². The molecule has 1 atom stereocenters. The number of hydrogen-bond acceptors (Lipinski definition) is 2. The zero-order valence-electron chi connectivity index (χ0n) is 6.55. The van der Waals surface area contributed by atoms with Crippen molar-refractivity contribution in [3.63, 3.8) is 0 Å². The fourth-order valence-electron chi connectivity index (χ4n) is 1.56. The molecule has 1 aliphatic rings. The lowest BCUT2D eigenvalue weighted by Crippen LogP contribution is -2.15. The monoisotopic (exact) mass is 275 g/mol. The summed E-state index contributed by atoms with van der Waals surface area (Å²) in [7, 11) is 0. The van der Waals surface area contributed by atoms with Gasteiger partial charge in [0, 0.05) is 10.1 Å². The second-order valence-corrected chi connectivity index (χ2v) is 4.20. The van der Waals surface area contributed by atoms with E-state index in [0.717, 1.165) is 6.54 Å². The number of rotatable bonds is 1. The third-order valence-electron chi connectivity index (χ3n) is 2.20. The SMILES string of the molecule is OC[C@@H]1NCc2ccc(I)cc21. The number of fused-ring (bicyclic) bond motifs is 1. The first kappa shape index (κ1) is 8.47. The minimum atomic E-state index is 0.148. The van der Waals surface area contributed by atoms with E-state index in [4.69, 9.17) is 5.11 Å². The maximum atomic E-state index is 9.04. The highest BCUT2D eigenvalue weighted by molar-refractivity contribution is 14.1. The molecule has 3 heteroatoms. The molecule has 0 saturated heterocycles. The highest BCUT2D eigenvalue weighted by Gasteiger charge is 2.20. The molecule has 2 nitrogen and oxygen atoms in total. The highest BCUT2D eigenvalue weighted by atomic mass is 127. The fourth-order valence-corrected chi connectivity index (χ4v) is 2.07. The lowest BCUT2D eigenvalue weighted by Gasteiger charge is -2.07. The molecule has 1 aromatic carbocycles. The standard InChI is InChI=1S/C9H10INO/c10-7-2-1-6-4-11-9(5-12)8(6)3-7/h1-3,9,11-12H,4-5H2/t9-/m0/s1. The van der Waals surface area contributed by atoms with Crippen molar-refractivity contribution < 1.29 is 5.11 Å². The van der Waals surface area contributed by atoms with Gasteiger partial charge in [0.1, 0.15) is 0 Å². The van der Waals surface area contributed by atoms with Gasteiger partial charge in [0.05, 0.1) is 12.6 Å². The lowest BCUT2D eigenvalue weighted by molar-refractivity contribution is 0.251. The predicted octanol–water partition coefficient (Wildman–Crippen LogP) is 1.43. The molecule has 0 aliphatic carbocycles. The molecule has 0 unspecified atom stereocenters. The molecule has 0 fully saturated rings. The molecule has 12 heavy (non-hydrogen) atoms. The Morgan fingerprint density at radius 3 is 3.17 bits per heavy atom. The van der Waals surface area contributed by atoms with E-state index < -0.39 is 0 Å². The summed E-state index contributed by atoms with van der Waals surface area (Å²) in [6.45, 7) is 1.07. The summed E-state index contributed by atoms with van der Waals surface area (Å²) in [4.78, 5) is 0. The van der Waals surface area contributed by atoms with Gasteiger partial charge in [-0.05, 0) is 45.9 Å². The van der Waals surface area contributed by atoms with Crippen molar-refractivity contribution in [1.29, 1.82) is 0 Å². The van der Waals surface area contributed by atoms with E-state index in [-0.39, 0.29) is 12.6 Å². The highest BCUT2D eigenvalue weighted by Crippen LogP contribution is 2.26. The minimum Gasteiger partial charge on any atom is -0.394 e. The summed E-state index contributed by atoms with van der Waals surface area (Å²) in [5, 5.41) is 12.3. The second-order valence-electron chi connectivity index (χ2n) is 2.96. The largest absolute Gasteiger partial charge is 0.394 e. The van der Waals surface area contributed by atoms with Gasteiger partial charge in [-0.3, -0.25) is 0 Å². The number of nitrogens with one attached hydrogen (secondary N) is 1. The summed E-state index contributed by atoms with van der Waals surface area (Å²) < 4.78 is 1.23. The minimum absolute atomic E-state index is 0.148. The van der Waals surface area contributed by atoms with Gasteiger partial charge in [0.25, 0.3) is 0 Å². The second kappa shape index (κ2) is 3.32. The summed E-state index contributed by atoms with van der Waals surface area (Å²) >= 11 is 2.29. The van der Waals surface area contributed by atoms with Crippen LogP contribution >= 0.6 is 22.6 Å². The molecule has 2 N–H and O–H groups in total. The Kier molecular flexibility index (Phi) is 2.34. The van der Waals surface area contributed by atoms with E-state index >= 15 is 0 Å². The van der Waals surface area contributed by atoms with Crippen LogP contribution in [0.5, 0.6) is 0 Å². The molecule has 64 valence electrons. The molecule has 0 bridgehead atoms. The van der Waals surface area contributed by atoms with Gasteiger partial charge in [0.15, 0.2) is 0 Å². The van der Waals surface area contributed by atoms with Gasteiger partial charge in [0.2, 0.25) is 0 Å².